The molecule has 4 heteroatoms. The Labute approximate surface area is 108 Å². The molecule has 1 aliphatic rings. The van der Waals surface area contributed by atoms with Crippen molar-refractivity contribution in [2.45, 2.75) is 33.7 Å². The number of rotatable bonds is 5. The third-order valence-electron chi connectivity index (χ3n) is 3.95. The topological polar surface area (TPSA) is 37.0 Å². The van der Waals surface area contributed by atoms with Crippen LogP contribution in [0, 0.1) is 18.3 Å². The summed E-state index contributed by atoms with van der Waals surface area (Å²) >= 11 is 1.79. The van der Waals surface area contributed by atoms with Crippen molar-refractivity contribution >= 4 is 11.3 Å². The van der Waals surface area contributed by atoms with E-state index in [4.69, 9.17) is 0 Å². The number of hydrogen-bond donors (Lipinski definition) is 2. The zero-order valence-corrected chi connectivity index (χ0v) is 11.9. The van der Waals surface area contributed by atoms with Crippen molar-refractivity contribution in [1.82, 2.24) is 15.6 Å². The van der Waals surface area contributed by atoms with Gasteiger partial charge in [-0.1, -0.05) is 13.8 Å². The molecule has 0 aliphatic carbocycles. The normalized spacial score (nSPS) is 24.7. The summed E-state index contributed by atoms with van der Waals surface area (Å²) < 4.78 is 0. The van der Waals surface area contributed by atoms with E-state index in [1.807, 2.05) is 6.20 Å². The van der Waals surface area contributed by atoms with Gasteiger partial charge in [-0.15, -0.1) is 11.3 Å². The van der Waals surface area contributed by atoms with Crippen LogP contribution in [0.15, 0.2) is 6.20 Å². The Balaban J connectivity index is 1.84. The zero-order valence-electron chi connectivity index (χ0n) is 11.0. The molecular weight excluding hydrogens is 230 g/mol. The summed E-state index contributed by atoms with van der Waals surface area (Å²) in [5, 5.41) is 8.26. The Hall–Kier alpha value is -0.450. The molecule has 3 nitrogen and oxygen atoms in total. The third kappa shape index (κ3) is 3.06. The van der Waals surface area contributed by atoms with Crippen LogP contribution in [0.3, 0.4) is 0 Å². The number of nitrogens with zero attached hydrogens (tertiary/aromatic N) is 1. The molecule has 1 unspecified atom stereocenters. The van der Waals surface area contributed by atoms with Gasteiger partial charge in [0.2, 0.25) is 0 Å². The van der Waals surface area contributed by atoms with Crippen LogP contribution in [-0.2, 0) is 6.54 Å². The molecule has 1 atom stereocenters. The number of aromatic nitrogens is 1. The van der Waals surface area contributed by atoms with Crippen LogP contribution in [0.25, 0.3) is 0 Å². The minimum Gasteiger partial charge on any atom is -0.316 e. The quantitative estimate of drug-likeness (QED) is 0.844. The molecule has 0 bridgehead atoms. The lowest BCUT2D eigenvalue weighted by atomic mass is 9.76. The first-order valence-corrected chi connectivity index (χ1v) is 7.27. The smallest absolute Gasteiger partial charge is 0.0897 e. The third-order valence-corrected chi connectivity index (χ3v) is 4.86. The fraction of sp³-hybridized carbons (Fsp3) is 0.769. The van der Waals surface area contributed by atoms with Gasteiger partial charge in [-0.3, -0.25) is 0 Å². The molecule has 2 heterocycles. The standard InChI is InChI=1S/C13H23N3S/c1-10(2)13(4-5-14-8-13)9-15-6-12-7-16-11(3)17-12/h7,10,14-15H,4-6,8-9H2,1-3H3. The molecule has 0 spiro atoms. The van der Waals surface area contributed by atoms with E-state index in [9.17, 15) is 0 Å². The first-order chi connectivity index (χ1) is 8.12. The molecule has 17 heavy (non-hydrogen) atoms. The van der Waals surface area contributed by atoms with Gasteiger partial charge in [0, 0.05) is 30.7 Å². The van der Waals surface area contributed by atoms with Gasteiger partial charge in [0.1, 0.15) is 0 Å². The molecule has 1 aromatic heterocycles. The molecule has 2 N–H and O–H groups in total. The van der Waals surface area contributed by atoms with E-state index in [0.29, 0.717) is 5.41 Å². The van der Waals surface area contributed by atoms with Crippen LogP contribution in [-0.4, -0.2) is 24.6 Å². The zero-order chi connectivity index (χ0) is 12.3. The van der Waals surface area contributed by atoms with Gasteiger partial charge in [0.25, 0.3) is 0 Å². The highest BCUT2D eigenvalue weighted by molar-refractivity contribution is 7.11. The van der Waals surface area contributed by atoms with E-state index < -0.39 is 0 Å². The van der Waals surface area contributed by atoms with Crippen LogP contribution in [0.2, 0.25) is 0 Å². The van der Waals surface area contributed by atoms with Gasteiger partial charge in [-0.05, 0) is 31.2 Å². The molecular formula is C13H23N3S. The highest BCUT2D eigenvalue weighted by atomic mass is 32.1. The number of hydrogen-bond acceptors (Lipinski definition) is 4. The van der Waals surface area contributed by atoms with E-state index in [2.05, 4.69) is 36.4 Å². The summed E-state index contributed by atoms with van der Waals surface area (Å²) in [6.45, 7) is 11.1. The fourth-order valence-electron chi connectivity index (χ4n) is 2.53. The molecule has 0 aromatic carbocycles. The second-order valence-corrected chi connectivity index (χ2v) is 6.71. The van der Waals surface area contributed by atoms with Gasteiger partial charge in [0.15, 0.2) is 0 Å². The van der Waals surface area contributed by atoms with E-state index in [-0.39, 0.29) is 0 Å². The lowest BCUT2D eigenvalue weighted by molar-refractivity contribution is 0.208. The second-order valence-electron chi connectivity index (χ2n) is 5.39. The minimum absolute atomic E-state index is 0.444. The Kier molecular flexibility index (Phi) is 4.17. The average molecular weight is 253 g/mol. The second kappa shape index (κ2) is 5.46. The summed E-state index contributed by atoms with van der Waals surface area (Å²) in [7, 11) is 0. The molecule has 1 aliphatic heterocycles. The maximum atomic E-state index is 4.29. The molecule has 1 aromatic rings. The van der Waals surface area contributed by atoms with E-state index in [1.54, 1.807) is 11.3 Å². The average Bonchev–Trinajstić information content (AvgIpc) is 2.89. The Bertz CT molecular complexity index is 353. The number of thiazole rings is 1. The van der Waals surface area contributed by atoms with Crippen molar-refractivity contribution in [3.8, 4) is 0 Å². The highest BCUT2D eigenvalue weighted by Crippen LogP contribution is 2.33. The lowest BCUT2D eigenvalue weighted by Crippen LogP contribution is -2.40. The maximum absolute atomic E-state index is 4.29. The summed E-state index contributed by atoms with van der Waals surface area (Å²) in [6, 6.07) is 0. The minimum atomic E-state index is 0.444. The van der Waals surface area contributed by atoms with Crippen LogP contribution < -0.4 is 10.6 Å². The Morgan fingerprint density at radius 2 is 2.41 bits per heavy atom. The van der Waals surface area contributed by atoms with Crippen molar-refractivity contribution in [3.05, 3.63) is 16.1 Å². The predicted octanol–water partition coefficient (Wildman–Crippen LogP) is 2.18. The summed E-state index contributed by atoms with van der Waals surface area (Å²) in [6.07, 6.45) is 3.28. The van der Waals surface area contributed by atoms with Gasteiger partial charge >= 0.3 is 0 Å². The van der Waals surface area contributed by atoms with Gasteiger partial charge < -0.3 is 10.6 Å². The van der Waals surface area contributed by atoms with Crippen molar-refractivity contribution in [2.75, 3.05) is 19.6 Å². The largest absolute Gasteiger partial charge is 0.316 e. The molecule has 0 amide bonds. The van der Waals surface area contributed by atoms with E-state index >= 15 is 0 Å². The fourth-order valence-corrected chi connectivity index (χ4v) is 3.30. The van der Waals surface area contributed by atoms with Crippen molar-refractivity contribution in [3.63, 3.8) is 0 Å². The Morgan fingerprint density at radius 1 is 1.59 bits per heavy atom. The van der Waals surface area contributed by atoms with Crippen molar-refractivity contribution in [1.29, 1.82) is 0 Å². The molecule has 1 saturated heterocycles. The maximum Gasteiger partial charge on any atom is 0.0897 e. The molecule has 0 saturated carbocycles. The Morgan fingerprint density at radius 3 is 2.94 bits per heavy atom. The lowest BCUT2D eigenvalue weighted by Gasteiger charge is -2.33. The van der Waals surface area contributed by atoms with Crippen LogP contribution in [0.1, 0.15) is 30.2 Å². The molecule has 2 rings (SSSR count). The monoisotopic (exact) mass is 253 g/mol. The first kappa shape index (κ1) is 13.0. The van der Waals surface area contributed by atoms with Gasteiger partial charge in [0.05, 0.1) is 5.01 Å². The summed E-state index contributed by atoms with van der Waals surface area (Å²) in [5.41, 5.74) is 0.444. The van der Waals surface area contributed by atoms with Crippen LogP contribution in [0.5, 0.6) is 0 Å². The summed E-state index contributed by atoms with van der Waals surface area (Å²) in [4.78, 5) is 5.63. The van der Waals surface area contributed by atoms with E-state index in [1.165, 1.54) is 17.8 Å². The number of aryl methyl sites for hydroxylation is 1. The van der Waals surface area contributed by atoms with Gasteiger partial charge in [-0.25, -0.2) is 4.98 Å². The van der Waals surface area contributed by atoms with Gasteiger partial charge in [-0.2, -0.15) is 0 Å². The highest BCUT2D eigenvalue weighted by Gasteiger charge is 2.36. The van der Waals surface area contributed by atoms with Crippen molar-refractivity contribution in [2.24, 2.45) is 11.3 Å². The van der Waals surface area contributed by atoms with E-state index in [0.717, 1.165) is 30.6 Å². The first-order valence-electron chi connectivity index (χ1n) is 6.45. The summed E-state index contributed by atoms with van der Waals surface area (Å²) in [5.74, 6) is 0.730. The van der Waals surface area contributed by atoms with Crippen molar-refractivity contribution < 1.29 is 0 Å². The molecule has 1 fully saturated rings. The molecule has 0 radical (unpaired) electrons. The van der Waals surface area contributed by atoms with Crippen LogP contribution in [0.4, 0.5) is 0 Å². The predicted molar refractivity (Wildman–Crippen MR) is 73.3 cm³/mol. The SMILES string of the molecule is Cc1ncc(CNCC2(C(C)C)CCNC2)s1. The molecule has 96 valence electrons. The number of nitrogens with one attached hydrogen (secondary N) is 2. The van der Waals surface area contributed by atoms with Crippen LogP contribution >= 0.6 is 11.3 Å².